The second-order valence-corrected chi connectivity index (χ2v) is 7.81. The summed E-state index contributed by atoms with van der Waals surface area (Å²) < 4.78 is 0.787. The molecule has 0 atom stereocenters. The van der Waals surface area contributed by atoms with Gasteiger partial charge in [0.15, 0.2) is 0 Å². The largest absolute Gasteiger partial charge is 0.369 e. The number of nitrogens with one attached hydrogen (secondary N) is 4. The lowest BCUT2D eigenvalue weighted by Crippen LogP contribution is -2.32. The average molecular weight is 471 g/mol. The Hall–Kier alpha value is -3.14. The van der Waals surface area contributed by atoms with Crippen LogP contribution in [0, 0.1) is 0 Å². The number of anilines is 4. The van der Waals surface area contributed by atoms with E-state index in [1.54, 1.807) is 12.5 Å². The van der Waals surface area contributed by atoms with Crippen LogP contribution < -0.4 is 16.0 Å². The second kappa shape index (κ2) is 9.57. The summed E-state index contributed by atoms with van der Waals surface area (Å²) in [7, 11) is 0. The minimum atomic E-state index is -0.0463. The van der Waals surface area contributed by atoms with Crippen molar-refractivity contribution < 1.29 is 4.79 Å². The van der Waals surface area contributed by atoms with Crippen molar-refractivity contribution in [1.82, 2.24) is 24.8 Å². The molecule has 0 radical (unpaired) electrons. The van der Waals surface area contributed by atoms with Gasteiger partial charge in [-0.2, -0.15) is 4.98 Å². The number of H-pyrrole nitrogens is 1. The molecule has 1 fully saturated rings. The number of benzene rings is 1. The molecule has 10 heteroatoms. The Morgan fingerprint density at radius 1 is 1.13 bits per heavy atom. The van der Waals surface area contributed by atoms with Crippen LogP contribution >= 0.6 is 15.9 Å². The van der Waals surface area contributed by atoms with E-state index in [-0.39, 0.29) is 6.03 Å². The molecule has 0 unspecified atom stereocenters. The number of aromatic nitrogens is 4. The summed E-state index contributed by atoms with van der Waals surface area (Å²) in [5.41, 5.74) is 2.58. The van der Waals surface area contributed by atoms with Crippen molar-refractivity contribution in [2.24, 2.45) is 0 Å². The van der Waals surface area contributed by atoms with Crippen LogP contribution in [0.3, 0.4) is 0 Å². The van der Waals surface area contributed by atoms with Crippen molar-refractivity contribution in [2.75, 3.05) is 35.6 Å². The number of likely N-dealkylation sites (tertiary alicyclic amines) is 1. The number of urea groups is 1. The van der Waals surface area contributed by atoms with E-state index in [9.17, 15) is 4.79 Å². The molecule has 9 nitrogen and oxygen atoms in total. The lowest BCUT2D eigenvalue weighted by atomic mass is 10.3. The van der Waals surface area contributed by atoms with Gasteiger partial charge in [-0.1, -0.05) is 0 Å². The Balaban J connectivity index is 1.33. The molecule has 1 aliphatic heterocycles. The Bertz CT molecular complexity index is 971. The molecular formula is C20H23BrN8O. The highest BCUT2D eigenvalue weighted by Crippen LogP contribution is 2.23. The van der Waals surface area contributed by atoms with E-state index in [1.165, 1.54) is 0 Å². The summed E-state index contributed by atoms with van der Waals surface area (Å²) in [6.07, 6.45) is 8.18. The van der Waals surface area contributed by atoms with Crippen LogP contribution in [-0.2, 0) is 6.42 Å². The minimum absolute atomic E-state index is 0.0463. The van der Waals surface area contributed by atoms with Crippen molar-refractivity contribution in [3.63, 3.8) is 0 Å². The van der Waals surface area contributed by atoms with E-state index in [2.05, 4.69) is 51.8 Å². The van der Waals surface area contributed by atoms with Gasteiger partial charge in [-0.15, -0.1) is 0 Å². The second-order valence-electron chi connectivity index (χ2n) is 6.95. The van der Waals surface area contributed by atoms with Gasteiger partial charge in [0.2, 0.25) is 5.95 Å². The third-order valence-electron chi connectivity index (χ3n) is 4.76. The van der Waals surface area contributed by atoms with E-state index in [4.69, 9.17) is 0 Å². The summed E-state index contributed by atoms with van der Waals surface area (Å²) in [6, 6.07) is 7.44. The predicted octanol–water partition coefficient (Wildman–Crippen LogP) is 3.99. The van der Waals surface area contributed by atoms with Crippen LogP contribution in [0.5, 0.6) is 0 Å². The molecule has 0 spiro atoms. The van der Waals surface area contributed by atoms with Gasteiger partial charge in [0, 0.05) is 49.8 Å². The van der Waals surface area contributed by atoms with Gasteiger partial charge in [-0.05, 0) is 53.0 Å². The fourth-order valence-corrected chi connectivity index (χ4v) is 3.51. The SMILES string of the molecule is O=C(Nc1ccc(Nc2ncc(Br)c(NCCc3c[nH]cn3)n2)cc1)N1CCCC1. The van der Waals surface area contributed by atoms with E-state index < -0.39 is 0 Å². The van der Waals surface area contributed by atoms with Crippen LogP contribution in [-0.4, -0.2) is 50.5 Å². The molecule has 3 heterocycles. The molecule has 4 rings (SSSR count). The average Bonchev–Trinajstić information content (AvgIpc) is 3.46. The van der Waals surface area contributed by atoms with Gasteiger partial charge in [-0.3, -0.25) is 0 Å². The maximum Gasteiger partial charge on any atom is 0.321 e. The van der Waals surface area contributed by atoms with Crippen LogP contribution in [0.1, 0.15) is 18.5 Å². The van der Waals surface area contributed by atoms with Gasteiger partial charge < -0.3 is 25.8 Å². The minimum Gasteiger partial charge on any atom is -0.369 e. The van der Waals surface area contributed by atoms with E-state index in [0.717, 1.165) is 53.9 Å². The number of rotatable bonds is 7. The van der Waals surface area contributed by atoms with Crippen LogP contribution in [0.25, 0.3) is 0 Å². The first kappa shape index (κ1) is 20.1. The lowest BCUT2D eigenvalue weighted by molar-refractivity contribution is 0.222. The number of aromatic amines is 1. The van der Waals surface area contributed by atoms with Gasteiger partial charge in [-0.25, -0.2) is 14.8 Å². The molecular weight excluding hydrogens is 448 g/mol. The maximum absolute atomic E-state index is 12.2. The quantitative estimate of drug-likeness (QED) is 0.415. The molecule has 30 heavy (non-hydrogen) atoms. The molecule has 2 amide bonds. The molecule has 0 bridgehead atoms. The predicted molar refractivity (Wildman–Crippen MR) is 120 cm³/mol. The Morgan fingerprint density at radius 2 is 1.90 bits per heavy atom. The van der Waals surface area contributed by atoms with Crippen LogP contribution in [0.4, 0.5) is 27.9 Å². The molecule has 1 aliphatic rings. The van der Waals surface area contributed by atoms with E-state index >= 15 is 0 Å². The van der Waals surface area contributed by atoms with Gasteiger partial charge >= 0.3 is 6.03 Å². The zero-order chi connectivity index (χ0) is 20.8. The Labute approximate surface area is 182 Å². The maximum atomic E-state index is 12.2. The lowest BCUT2D eigenvalue weighted by Gasteiger charge is -2.16. The third-order valence-corrected chi connectivity index (χ3v) is 5.34. The Kier molecular flexibility index (Phi) is 6.43. The molecule has 4 N–H and O–H groups in total. The summed E-state index contributed by atoms with van der Waals surface area (Å²) in [4.78, 5) is 30.0. The number of halogens is 1. The zero-order valence-electron chi connectivity index (χ0n) is 16.4. The van der Waals surface area contributed by atoms with E-state index in [0.29, 0.717) is 18.3 Å². The zero-order valence-corrected chi connectivity index (χ0v) is 17.9. The molecule has 2 aromatic heterocycles. The van der Waals surface area contributed by atoms with Gasteiger partial charge in [0.25, 0.3) is 0 Å². The first-order valence-corrected chi connectivity index (χ1v) is 10.6. The molecule has 1 aromatic carbocycles. The number of amides is 2. The monoisotopic (exact) mass is 470 g/mol. The van der Waals surface area contributed by atoms with Crippen LogP contribution in [0.15, 0.2) is 47.5 Å². The highest BCUT2D eigenvalue weighted by atomic mass is 79.9. The van der Waals surface area contributed by atoms with Gasteiger partial charge in [0.1, 0.15) is 5.82 Å². The molecule has 0 saturated carbocycles. The highest BCUT2D eigenvalue weighted by molar-refractivity contribution is 9.10. The highest BCUT2D eigenvalue weighted by Gasteiger charge is 2.17. The van der Waals surface area contributed by atoms with Gasteiger partial charge in [0.05, 0.1) is 16.5 Å². The first-order valence-electron chi connectivity index (χ1n) is 9.84. The fourth-order valence-electron chi connectivity index (χ4n) is 3.18. The summed E-state index contributed by atoms with van der Waals surface area (Å²) in [5.74, 6) is 1.19. The van der Waals surface area contributed by atoms with Crippen molar-refractivity contribution in [3.8, 4) is 0 Å². The fraction of sp³-hybridized carbons (Fsp3) is 0.300. The number of hydrogen-bond donors (Lipinski definition) is 4. The summed E-state index contributed by atoms with van der Waals surface area (Å²) in [5, 5.41) is 9.41. The standard InChI is InChI=1S/C20H23BrN8O/c21-17-12-24-19(28-18(17)23-8-7-16-11-22-13-25-16)26-14-3-5-15(6-4-14)27-20(30)29-9-1-2-10-29/h3-6,11-13H,1-2,7-10H2,(H,22,25)(H,27,30)(H2,23,24,26,28). The van der Waals surface area contributed by atoms with E-state index in [1.807, 2.05) is 35.4 Å². The van der Waals surface area contributed by atoms with Crippen LogP contribution in [0.2, 0.25) is 0 Å². The summed E-state index contributed by atoms with van der Waals surface area (Å²) >= 11 is 3.47. The smallest absolute Gasteiger partial charge is 0.321 e. The van der Waals surface area contributed by atoms with Crippen molar-refractivity contribution in [3.05, 3.63) is 53.2 Å². The number of carbonyl (C=O) groups excluding carboxylic acids is 1. The Morgan fingerprint density at radius 3 is 2.63 bits per heavy atom. The number of nitrogens with zero attached hydrogens (tertiary/aromatic N) is 4. The molecule has 3 aromatic rings. The molecule has 156 valence electrons. The third kappa shape index (κ3) is 5.26. The van der Waals surface area contributed by atoms with Crippen molar-refractivity contribution in [1.29, 1.82) is 0 Å². The van der Waals surface area contributed by atoms with Crippen molar-refractivity contribution in [2.45, 2.75) is 19.3 Å². The topological polar surface area (TPSA) is 111 Å². The number of imidazole rings is 1. The molecule has 1 saturated heterocycles. The van der Waals surface area contributed by atoms with Crippen molar-refractivity contribution >= 4 is 45.1 Å². The normalized spacial score (nSPS) is 13.3. The first-order chi connectivity index (χ1) is 14.7. The number of carbonyl (C=O) groups is 1. The molecule has 0 aliphatic carbocycles. The number of hydrogen-bond acceptors (Lipinski definition) is 6. The summed E-state index contributed by atoms with van der Waals surface area (Å²) in [6.45, 7) is 2.35.